The summed E-state index contributed by atoms with van der Waals surface area (Å²) < 4.78 is 18.7. The van der Waals surface area contributed by atoms with Crippen molar-refractivity contribution < 1.29 is 13.9 Å². The molecule has 20 heavy (non-hydrogen) atoms. The topological polar surface area (TPSA) is 26.3 Å². The molecule has 1 aromatic rings. The monoisotopic (exact) mass is 278 g/mol. The average molecular weight is 278 g/mol. The maximum Gasteiger partial charge on any atom is 0.169 e. The van der Waals surface area contributed by atoms with Gasteiger partial charge in [-0.15, -0.1) is 0 Å². The number of ketones is 1. The molecule has 1 saturated carbocycles. The molecule has 1 aromatic carbocycles. The van der Waals surface area contributed by atoms with Gasteiger partial charge in [-0.3, -0.25) is 4.79 Å². The third-order valence-corrected chi connectivity index (χ3v) is 4.26. The van der Waals surface area contributed by atoms with E-state index < -0.39 is 5.82 Å². The van der Waals surface area contributed by atoms with Crippen molar-refractivity contribution in [1.29, 1.82) is 0 Å². The molecule has 0 unspecified atom stereocenters. The number of methoxy groups -OCH3 is 1. The molecule has 0 aromatic heterocycles. The Morgan fingerprint density at radius 2 is 2.00 bits per heavy atom. The second-order valence-corrected chi connectivity index (χ2v) is 6.26. The van der Waals surface area contributed by atoms with Crippen LogP contribution in [0.15, 0.2) is 18.2 Å². The largest absolute Gasteiger partial charge is 0.494 e. The SMILES string of the molecule is COc1ccc(C(=O)C2(CC(C)C)CCCC2)cc1F. The van der Waals surface area contributed by atoms with Gasteiger partial charge in [0, 0.05) is 11.0 Å². The van der Waals surface area contributed by atoms with Gasteiger partial charge in [-0.2, -0.15) is 0 Å². The zero-order valence-corrected chi connectivity index (χ0v) is 12.5. The average Bonchev–Trinajstić information content (AvgIpc) is 2.86. The summed E-state index contributed by atoms with van der Waals surface area (Å²) in [6.45, 7) is 4.28. The molecular weight excluding hydrogens is 255 g/mol. The highest BCUT2D eigenvalue weighted by Gasteiger charge is 2.41. The molecule has 0 amide bonds. The van der Waals surface area contributed by atoms with Crippen LogP contribution >= 0.6 is 0 Å². The van der Waals surface area contributed by atoms with Crippen LogP contribution in [0.25, 0.3) is 0 Å². The molecule has 1 fully saturated rings. The summed E-state index contributed by atoms with van der Waals surface area (Å²) in [5.74, 6) is 0.298. The fraction of sp³-hybridized carbons (Fsp3) is 0.588. The van der Waals surface area contributed by atoms with Gasteiger partial charge in [-0.25, -0.2) is 4.39 Å². The molecule has 1 aliphatic carbocycles. The lowest BCUT2D eigenvalue weighted by atomic mass is 9.73. The van der Waals surface area contributed by atoms with E-state index in [0.717, 1.165) is 32.1 Å². The maximum absolute atomic E-state index is 13.8. The van der Waals surface area contributed by atoms with Gasteiger partial charge in [-0.05, 0) is 43.4 Å². The zero-order valence-electron chi connectivity index (χ0n) is 12.5. The van der Waals surface area contributed by atoms with Crippen LogP contribution in [0.3, 0.4) is 0 Å². The lowest BCUT2D eigenvalue weighted by molar-refractivity contribution is 0.0759. The van der Waals surface area contributed by atoms with Gasteiger partial charge < -0.3 is 4.74 Å². The molecule has 0 atom stereocenters. The van der Waals surface area contributed by atoms with Crippen molar-refractivity contribution in [3.8, 4) is 5.75 Å². The highest BCUT2D eigenvalue weighted by Crippen LogP contribution is 2.45. The lowest BCUT2D eigenvalue weighted by Crippen LogP contribution is -2.30. The number of hydrogen-bond acceptors (Lipinski definition) is 2. The minimum atomic E-state index is -0.462. The van der Waals surface area contributed by atoms with Crippen LogP contribution in [0.2, 0.25) is 0 Å². The van der Waals surface area contributed by atoms with Gasteiger partial charge in [0.2, 0.25) is 0 Å². The summed E-state index contributed by atoms with van der Waals surface area (Å²) in [5.41, 5.74) is 0.195. The molecule has 110 valence electrons. The number of benzene rings is 1. The molecule has 0 radical (unpaired) electrons. The number of carbonyl (C=O) groups excluding carboxylic acids is 1. The third kappa shape index (κ3) is 2.87. The number of carbonyl (C=O) groups is 1. The van der Waals surface area contributed by atoms with Crippen LogP contribution < -0.4 is 4.74 Å². The molecule has 0 N–H and O–H groups in total. The van der Waals surface area contributed by atoms with Crippen LogP contribution in [0, 0.1) is 17.2 Å². The van der Waals surface area contributed by atoms with Gasteiger partial charge in [0.15, 0.2) is 17.3 Å². The van der Waals surface area contributed by atoms with Crippen LogP contribution in [0.5, 0.6) is 5.75 Å². The van der Waals surface area contributed by atoms with E-state index in [1.165, 1.54) is 13.2 Å². The van der Waals surface area contributed by atoms with Gasteiger partial charge in [0.25, 0.3) is 0 Å². The molecule has 0 saturated heterocycles. The van der Waals surface area contributed by atoms with E-state index in [1.807, 2.05) is 0 Å². The first-order valence-electron chi connectivity index (χ1n) is 7.37. The van der Waals surface area contributed by atoms with Gasteiger partial charge in [-0.1, -0.05) is 26.7 Å². The Hall–Kier alpha value is -1.38. The fourth-order valence-corrected chi connectivity index (χ4v) is 3.47. The minimum Gasteiger partial charge on any atom is -0.494 e. The quantitative estimate of drug-likeness (QED) is 0.734. The molecular formula is C17H23FO2. The second kappa shape index (κ2) is 5.94. The molecule has 0 bridgehead atoms. The number of ether oxygens (including phenoxy) is 1. The van der Waals surface area contributed by atoms with Crippen molar-refractivity contribution in [2.75, 3.05) is 7.11 Å². The molecule has 2 rings (SSSR count). The van der Waals surface area contributed by atoms with Crippen molar-refractivity contribution >= 4 is 5.78 Å². The van der Waals surface area contributed by atoms with E-state index >= 15 is 0 Å². The third-order valence-electron chi connectivity index (χ3n) is 4.26. The van der Waals surface area contributed by atoms with E-state index in [2.05, 4.69) is 13.8 Å². The standard InChI is InChI=1S/C17H23FO2/c1-12(2)11-17(8-4-5-9-17)16(19)13-6-7-15(20-3)14(18)10-13/h6-7,10,12H,4-5,8-9,11H2,1-3H3. The first-order chi connectivity index (χ1) is 9.48. The predicted octanol–water partition coefficient (Wildman–Crippen LogP) is 4.62. The molecule has 2 nitrogen and oxygen atoms in total. The molecule has 1 aliphatic rings. The first-order valence-corrected chi connectivity index (χ1v) is 7.37. The Morgan fingerprint density at radius 3 is 2.50 bits per heavy atom. The van der Waals surface area contributed by atoms with Crippen molar-refractivity contribution in [3.63, 3.8) is 0 Å². The van der Waals surface area contributed by atoms with E-state index in [-0.39, 0.29) is 16.9 Å². The predicted molar refractivity (Wildman–Crippen MR) is 77.6 cm³/mol. The van der Waals surface area contributed by atoms with Crippen LogP contribution in [-0.2, 0) is 0 Å². The maximum atomic E-state index is 13.8. The molecule has 0 spiro atoms. The highest BCUT2D eigenvalue weighted by molar-refractivity contribution is 6.00. The van der Waals surface area contributed by atoms with Gasteiger partial charge in [0.05, 0.1) is 7.11 Å². The Labute approximate surface area is 120 Å². The highest BCUT2D eigenvalue weighted by atomic mass is 19.1. The van der Waals surface area contributed by atoms with Crippen LogP contribution in [0.1, 0.15) is 56.3 Å². The Balaban J connectivity index is 2.30. The van der Waals surface area contributed by atoms with Crippen LogP contribution in [-0.4, -0.2) is 12.9 Å². The molecule has 0 heterocycles. The van der Waals surface area contributed by atoms with Crippen molar-refractivity contribution in [1.82, 2.24) is 0 Å². The van der Waals surface area contributed by atoms with Crippen molar-refractivity contribution in [2.24, 2.45) is 11.3 Å². The number of rotatable bonds is 5. The number of Topliss-reactive ketones (excluding diaryl/α,β-unsaturated/α-hetero) is 1. The summed E-state index contributed by atoms with van der Waals surface area (Å²) in [6.07, 6.45) is 4.93. The summed E-state index contributed by atoms with van der Waals surface area (Å²) in [7, 11) is 1.43. The Morgan fingerprint density at radius 1 is 1.35 bits per heavy atom. The smallest absolute Gasteiger partial charge is 0.169 e. The molecule has 0 aliphatic heterocycles. The summed E-state index contributed by atoms with van der Waals surface area (Å²) >= 11 is 0. The molecule has 3 heteroatoms. The van der Waals surface area contributed by atoms with E-state index in [4.69, 9.17) is 4.74 Å². The number of halogens is 1. The van der Waals surface area contributed by atoms with Crippen molar-refractivity contribution in [3.05, 3.63) is 29.6 Å². The van der Waals surface area contributed by atoms with Crippen molar-refractivity contribution in [2.45, 2.75) is 46.0 Å². The van der Waals surface area contributed by atoms with Gasteiger partial charge >= 0.3 is 0 Å². The summed E-state index contributed by atoms with van der Waals surface area (Å²) in [4.78, 5) is 12.8. The zero-order chi connectivity index (χ0) is 14.8. The fourth-order valence-electron chi connectivity index (χ4n) is 3.47. The first kappa shape index (κ1) is 15.0. The van der Waals surface area contributed by atoms with E-state index in [1.54, 1.807) is 12.1 Å². The normalized spacial score (nSPS) is 17.4. The summed E-state index contributed by atoms with van der Waals surface area (Å²) in [5, 5.41) is 0. The second-order valence-electron chi connectivity index (χ2n) is 6.26. The van der Waals surface area contributed by atoms with Gasteiger partial charge in [0.1, 0.15) is 0 Å². The Kier molecular flexibility index (Phi) is 4.46. The van der Waals surface area contributed by atoms with E-state index in [0.29, 0.717) is 11.5 Å². The van der Waals surface area contributed by atoms with Crippen LogP contribution in [0.4, 0.5) is 4.39 Å². The number of hydrogen-bond donors (Lipinski definition) is 0. The Bertz CT molecular complexity index is 488. The minimum absolute atomic E-state index is 0.102. The lowest BCUT2D eigenvalue weighted by Gasteiger charge is -2.29. The van der Waals surface area contributed by atoms with E-state index in [9.17, 15) is 9.18 Å². The summed E-state index contributed by atoms with van der Waals surface area (Å²) in [6, 6.07) is 4.55.